The summed E-state index contributed by atoms with van der Waals surface area (Å²) in [6.07, 6.45) is 1.50. The fourth-order valence-electron chi connectivity index (χ4n) is 1.97. The van der Waals surface area contributed by atoms with Crippen LogP contribution in [0.25, 0.3) is 21.5 Å². The standard InChI is InChI=1S/C14H11NO2S/c1-8-4-3-5-11-12(8)13(16)10(6-17-11)14-15-9(2)7-18-14/h3-7H,1-2H3. The third-order valence-electron chi connectivity index (χ3n) is 2.86. The highest BCUT2D eigenvalue weighted by molar-refractivity contribution is 7.13. The van der Waals surface area contributed by atoms with Gasteiger partial charge in [-0.25, -0.2) is 4.98 Å². The van der Waals surface area contributed by atoms with Crippen LogP contribution in [-0.4, -0.2) is 4.98 Å². The largest absolute Gasteiger partial charge is 0.463 e. The van der Waals surface area contributed by atoms with Gasteiger partial charge >= 0.3 is 0 Å². The second kappa shape index (κ2) is 4.07. The zero-order chi connectivity index (χ0) is 12.7. The Morgan fingerprint density at radius 2 is 2.11 bits per heavy atom. The topological polar surface area (TPSA) is 43.1 Å². The predicted octanol–water partition coefficient (Wildman–Crippen LogP) is 3.53. The molecule has 2 aromatic heterocycles. The van der Waals surface area contributed by atoms with Crippen molar-refractivity contribution in [1.82, 2.24) is 4.98 Å². The van der Waals surface area contributed by atoms with Gasteiger partial charge in [0.05, 0.1) is 10.9 Å². The Bertz CT molecular complexity index is 786. The molecule has 1 aromatic carbocycles. The van der Waals surface area contributed by atoms with E-state index in [1.165, 1.54) is 17.6 Å². The van der Waals surface area contributed by atoms with E-state index < -0.39 is 0 Å². The molecule has 2 heterocycles. The van der Waals surface area contributed by atoms with Crippen LogP contribution >= 0.6 is 11.3 Å². The Labute approximate surface area is 108 Å². The Kier molecular flexibility index (Phi) is 2.52. The second-order valence-corrected chi connectivity index (χ2v) is 5.08. The van der Waals surface area contributed by atoms with Crippen LogP contribution in [-0.2, 0) is 0 Å². The van der Waals surface area contributed by atoms with E-state index in [2.05, 4.69) is 4.98 Å². The first kappa shape index (κ1) is 11.2. The van der Waals surface area contributed by atoms with Crippen LogP contribution in [0.3, 0.4) is 0 Å². The molecular weight excluding hydrogens is 246 g/mol. The van der Waals surface area contributed by atoms with Crippen molar-refractivity contribution < 1.29 is 4.42 Å². The summed E-state index contributed by atoms with van der Waals surface area (Å²) in [4.78, 5) is 16.8. The van der Waals surface area contributed by atoms with E-state index in [4.69, 9.17) is 4.42 Å². The van der Waals surface area contributed by atoms with Gasteiger partial charge in [-0.3, -0.25) is 4.79 Å². The summed E-state index contributed by atoms with van der Waals surface area (Å²) in [6.45, 7) is 3.82. The highest BCUT2D eigenvalue weighted by Crippen LogP contribution is 2.24. The molecule has 0 aliphatic carbocycles. The van der Waals surface area contributed by atoms with E-state index in [1.54, 1.807) is 6.07 Å². The lowest BCUT2D eigenvalue weighted by Gasteiger charge is -2.02. The molecule has 0 spiro atoms. The highest BCUT2D eigenvalue weighted by Gasteiger charge is 2.12. The molecule has 0 aliphatic heterocycles. The van der Waals surface area contributed by atoms with E-state index in [0.29, 0.717) is 21.5 Å². The minimum atomic E-state index is -0.0105. The number of hydrogen-bond donors (Lipinski definition) is 0. The summed E-state index contributed by atoms with van der Waals surface area (Å²) in [5, 5.41) is 3.28. The van der Waals surface area contributed by atoms with E-state index in [9.17, 15) is 4.79 Å². The molecule has 0 saturated heterocycles. The van der Waals surface area contributed by atoms with Crippen molar-refractivity contribution in [1.29, 1.82) is 0 Å². The molecule has 0 N–H and O–H groups in total. The Morgan fingerprint density at radius 3 is 2.83 bits per heavy atom. The van der Waals surface area contributed by atoms with Crippen LogP contribution in [0.1, 0.15) is 11.3 Å². The summed E-state index contributed by atoms with van der Waals surface area (Å²) in [7, 11) is 0. The fourth-order valence-corrected chi connectivity index (χ4v) is 2.77. The molecule has 90 valence electrons. The van der Waals surface area contributed by atoms with Gasteiger partial charge in [-0.1, -0.05) is 12.1 Å². The lowest BCUT2D eigenvalue weighted by molar-refractivity contribution is 0.604. The van der Waals surface area contributed by atoms with Crippen LogP contribution < -0.4 is 5.43 Å². The Morgan fingerprint density at radius 1 is 1.28 bits per heavy atom. The van der Waals surface area contributed by atoms with E-state index in [-0.39, 0.29) is 5.43 Å². The third-order valence-corrected chi connectivity index (χ3v) is 3.85. The summed E-state index contributed by atoms with van der Waals surface area (Å²) in [5.41, 5.74) is 2.99. The summed E-state index contributed by atoms with van der Waals surface area (Å²) >= 11 is 1.46. The first-order chi connectivity index (χ1) is 8.66. The summed E-state index contributed by atoms with van der Waals surface area (Å²) < 4.78 is 5.53. The molecule has 3 aromatic rings. The van der Waals surface area contributed by atoms with Crippen LogP contribution in [0.5, 0.6) is 0 Å². The highest BCUT2D eigenvalue weighted by atomic mass is 32.1. The Balaban J connectivity index is 2.36. The van der Waals surface area contributed by atoms with Crippen molar-refractivity contribution in [3.63, 3.8) is 0 Å². The maximum absolute atomic E-state index is 12.5. The number of rotatable bonds is 1. The third kappa shape index (κ3) is 1.66. The van der Waals surface area contributed by atoms with Crippen molar-refractivity contribution in [3.8, 4) is 10.6 Å². The van der Waals surface area contributed by atoms with Gasteiger partial charge in [-0.05, 0) is 25.5 Å². The van der Waals surface area contributed by atoms with Gasteiger partial charge in [0.25, 0.3) is 0 Å². The molecule has 0 fully saturated rings. The number of thiazole rings is 1. The molecule has 0 aliphatic rings. The molecule has 0 amide bonds. The van der Waals surface area contributed by atoms with Crippen molar-refractivity contribution in [2.24, 2.45) is 0 Å². The van der Waals surface area contributed by atoms with Crippen LogP contribution in [0.4, 0.5) is 0 Å². The quantitative estimate of drug-likeness (QED) is 0.669. The zero-order valence-electron chi connectivity index (χ0n) is 10.1. The van der Waals surface area contributed by atoms with Gasteiger partial charge in [0.15, 0.2) is 0 Å². The van der Waals surface area contributed by atoms with Crippen LogP contribution in [0, 0.1) is 13.8 Å². The molecule has 0 unspecified atom stereocenters. The Hall–Kier alpha value is -1.94. The maximum atomic E-state index is 12.5. The second-order valence-electron chi connectivity index (χ2n) is 4.22. The molecule has 3 nitrogen and oxygen atoms in total. The van der Waals surface area contributed by atoms with Gasteiger partial charge in [-0.15, -0.1) is 11.3 Å². The smallest absolute Gasteiger partial charge is 0.203 e. The van der Waals surface area contributed by atoms with Gasteiger partial charge < -0.3 is 4.42 Å². The number of benzene rings is 1. The number of aryl methyl sites for hydroxylation is 2. The van der Waals surface area contributed by atoms with Crippen molar-refractivity contribution in [2.75, 3.05) is 0 Å². The fraction of sp³-hybridized carbons (Fsp3) is 0.143. The number of nitrogens with zero attached hydrogens (tertiary/aromatic N) is 1. The molecule has 0 saturated carbocycles. The lowest BCUT2D eigenvalue weighted by atomic mass is 10.1. The maximum Gasteiger partial charge on any atom is 0.203 e. The van der Waals surface area contributed by atoms with E-state index >= 15 is 0 Å². The lowest BCUT2D eigenvalue weighted by Crippen LogP contribution is -2.06. The van der Waals surface area contributed by atoms with Gasteiger partial charge in [0.1, 0.15) is 16.9 Å². The zero-order valence-corrected chi connectivity index (χ0v) is 10.9. The molecule has 0 bridgehead atoms. The van der Waals surface area contributed by atoms with Gasteiger partial charge in [0.2, 0.25) is 5.43 Å². The van der Waals surface area contributed by atoms with Crippen LogP contribution in [0.15, 0.2) is 39.1 Å². The minimum Gasteiger partial charge on any atom is -0.463 e. The molecule has 0 atom stereocenters. The van der Waals surface area contributed by atoms with E-state index in [1.807, 2.05) is 31.4 Å². The average Bonchev–Trinajstić information content (AvgIpc) is 2.76. The average molecular weight is 257 g/mol. The minimum absolute atomic E-state index is 0.0105. The number of hydrogen-bond acceptors (Lipinski definition) is 4. The van der Waals surface area contributed by atoms with Gasteiger partial charge in [-0.2, -0.15) is 0 Å². The molecule has 18 heavy (non-hydrogen) atoms. The summed E-state index contributed by atoms with van der Waals surface area (Å²) in [5.74, 6) is 0. The number of aromatic nitrogens is 1. The molecular formula is C14H11NO2S. The molecule has 3 rings (SSSR count). The van der Waals surface area contributed by atoms with Gasteiger partial charge in [0, 0.05) is 11.1 Å². The SMILES string of the molecule is Cc1csc(-c2coc3cccc(C)c3c2=O)n1. The number of fused-ring (bicyclic) bond motifs is 1. The predicted molar refractivity (Wildman–Crippen MR) is 73.1 cm³/mol. The normalized spacial score (nSPS) is 11.0. The molecule has 4 heteroatoms. The first-order valence-corrected chi connectivity index (χ1v) is 6.48. The summed E-state index contributed by atoms with van der Waals surface area (Å²) in [6, 6.07) is 5.60. The monoisotopic (exact) mass is 257 g/mol. The molecule has 0 radical (unpaired) electrons. The van der Waals surface area contributed by atoms with Crippen LogP contribution in [0.2, 0.25) is 0 Å². The van der Waals surface area contributed by atoms with E-state index in [0.717, 1.165) is 11.3 Å². The van der Waals surface area contributed by atoms with Crippen molar-refractivity contribution in [2.45, 2.75) is 13.8 Å². The van der Waals surface area contributed by atoms with Crippen molar-refractivity contribution >= 4 is 22.3 Å². The van der Waals surface area contributed by atoms with Crippen molar-refractivity contribution in [3.05, 3.63) is 51.3 Å². The first-order valence-electron chi connectivity index (χ1n) is 5.60.